The second kappa shape index (κ2) is 8.22. The number of aromatic nitrogens is 1. The maximum absolute atomic E-state index is 4.39. The Kier molecular flexibility index (Phi) is 6.59. The number of hydrogen-bond donors (Lipinski definition) is 0. The lowest BCUT2D eigenvalue weighted by molar-refractivity contribution is 0.356. The van der Waals surface area contributed by atoms with Crippen LogP contribution in [-0.2, 0) is 0 Å². The molecule has 0 radical (unpaired) electrons. The molecule has 1 heterocycles. The van der Waals surface area contributed by atoms with E-state index in [4.69, 9.17) is 0 Å². The summed E-state index contributed by atoms with van der Waals surface area (Å²) in [6.45, 7) is 7.34. The molecule has 0 saturated heterocycles. The lowest BCUT2D eigenvalue weighted by Gasteiger charge is -2.19. The van der Waals surface area contributed by atoms with Crippen molar-refractivity contribution in [1.82, 2.24) is 14.8 Å². The first-order valence-corrected chi connectivity index (χ1v) is 6.53. The maximum atomic E-state index is 4.39. The molecule has 1 aromatic heterocycles. The van der Waals surface area contributed by atoms with Gasteiger partial charge in [0.05, 0.1) is 5.69 Å². The number of guanidine groups is 1. The summed E-state index contributed by atoms with van der Waals surface area (Å²) in [4.78, 5) is 16.7. The number of aliphatic imine (C=N–C) groups is 2. The molecular formula is C15H23N5. The van der Waals surface area contributed by atoms with Crippen molar-refractivity contribution in [2.24, 2.45) is 9.98 Å². The summed E-state index contributed by atoms with van der Waals surface area (Å²) in [7, 11) is 6.04. The van der Waals surface area contributed by atoms with E-state index in [1.165, 1.54) is 0 Å². The summed E-state index contributed by atoms with van der Waals surface area (Å²) in [5, 5.41) is 0. The third-order valence-corrected chi connectivity index (χ3v) is 2.81. The van der Waals surface area contributed by atoms with Crippen molar-refractivity contribution in [3.63, 3.8) is 0 Å². The van der Waals surface area contributed by atoms with Gasteiger partial charge in [-0.3, -0.25) is 4.98 Å². The Labute approximate surface area is 121 Å². The number of hydrogen-bond acceptors (Lipinski definition) is 3. The van der Waals surface area contributed by atoms with E-state index in [0.717, 1.165) is 24.4 Å². The first-order valence-electron chi connectivity index (χ1n) is 6.53. The van der Waals surface area contributed by atoms with Crippen molar-refractivity contribution in [2.75, 3.05) is 34.2 Å². The quantitative estimate of drug-likeness (QED) is 0.609. The standard InChI is InChI=1S/C15H23N5/c1-13(14-8-6-7-9-17-14)12-18-15(16-2)20(5)11-10-19(3)4/h6-9,12H,2,10-11H2,1,3-5H3/b13-12+,18-15?. The van der Waals surface area contributed by atoms with E-state index < -0.39 is 0 Å². The smallest absolute Gasteiger partial charge is 0.224 e. The van der Waals surface area contributed by atoms with Gasteiger partial charge in [0.25, 0.3) is 0 Å². The molecule has 0 aromatic carbocycles. The molecule has 0 saturated carbocycles. The van der Waals surface area contributed by atoms with Crippen molar-refractivity contribution < 1.29 is 0 Å². The van der Waals surface area contributed by atoms with Gasteiger partial charge in [0.1, 0.15) is 0 Å². The van der Waals surface area contributed by atoms with Crippen LogP contribution < -0.4 is 0 Å². The second-order valence-electron chi connectivity index (χ2n) is 4.84. The Hall–Kier alpha value is -2.01. The van der Waals surface area contributed by atoms with Crippen LogP contribution in [0.4, 0.5) is 0 Å². The van der Waals surface area contributed by atoms with E-state index in [2.05, 4.69) is 26.6 Å². The van der Waals surface area contributed by atoms with Crippen LogP contribution in [-0.4, -0.2) is 61.7 Å². The molecule has 0 spiro atoms. The molecule has 0 amide bonds. The van der Waals surface area contributed by atoms with Crippen molar-refractivity contribution in [2.45, 2.75) is 6.92 Å². The van der Waals surface area contributed by atoms with Gasteiger partial charge in [0.15, 0.2) is 0 Å². The van der Waals surface area contributed by atoms with Gasteiger partial charge in [0, 0.05) is 32.5 Å². The first kappa shape index (κ1) is 16.0. The zero-order valence-electron chi connectivity index (χ0n) is 12.7. The molecule has 1 aromatic rings. The number of likely N-dealkylation sites (N-methyl/N-ethyl adjacent to an activating group) is 2. The average molecular weight is 273 g/mol. The Bertz CT molecular complexity index is 476. The van der Waals surface area contributed by atoms with Gasteiger partial charge < -0.3 is 9.80 Å². The Balaban J connectivity index is 2.76. The highest BCUT2D eigenvalue weighted by atomic mass is 15.3. The zero-order chi connectivity index (χ0) is 15.0. The third-order valence-electron chi connectivity index (χ3n) is 2.81. The summed E-state index contributed by atoms with van der Waals surface area (Å²) >= 11 is 0. The summed E-state index contributed by atoms with van der Waals surface area (Å²) in [5.74, 6) is 0.613. The molecule has 0 unspecified atom stereocenters. The molecule has 1 rings (SSSR count). The maximum Gasteiger partial charge on any atom is 0.224 e. The van der Waals surface area contributed by atoms with Gasteiger partial charge in [-0.15, -0.1) is 0 Å². The van der Waals surface area contributed by atoms with Crippen LogP contribution in [0.5, 0.6) is 0 Å². The first-order chi connectivity index (χ1) is 9.54. The van der Waals surface area contributed by atoms with Crippen LogP contribution in [0.25, 0.3) is 5.57 Å². The number of nitrogens with zero attached hydrogens (tertiary/aromatic N) is 5. The molecule has 0 fully saturated rings. The molecule has 0 aliphatic heterocycles. The highest BCUT2D eigenvalue weighted by Crippen LogP contribution is 2.09. The predicted molar refractivity (Wildman–Crippen MR) is 86.1 cm³/mol. The van der Waals surface area contributed by atoms with Crippen LogP contribution in [0.1, 0.15) is 12.6 Å². The van der Waals surface area contributed by atoms with Crippen LogP contribution in [0, 0.1) is 0 Å². The molecule has 0 aliphatic rings. The van der Waals surface area contributed by atoms with E-state index in [-0.39, 0.29) is 0 Å². The number of allylic oxidation sites excluding steroid dienone is 1. The fourth-order valence-corrected chi connectivity index (χ4v) is 1.53. The summed E-state index contributed by atoms with van der Waals surface area (Å²) < 4.78 is 0. The molecule has 0 aliphatic carbocycles. The minimum absolute atomic E-state index is 0.613. The molecule has 0 atom stereocenters. The molecule has 20 heavy (non-hydrogen) atoms. The highest BCUT2D eigenvalue weighted by Gasteiger charge is 2.04. The van der Waals surface area contributed by atoms with Crippen LogP contribution in [0.15, 0.2) is 40.6 Å². The molecule has 5 nitrogen and oxygen atoms in total. The summed E-state index contributed by atoms with van der Waals surface area (Å²) in [5.41, 5.74) is 1.91. The lowest BCUT2D eigenvalue weighted by atomic mass is 10.2. The minimum atomic E-state index is 0.613. The van der Waals surface area contributed by atoms with Crippen LogP contribution in [0.3, 0.4) is 0 Å². The van der Waals surface area contributed by atoms with Gasteiger partial charge in [-0.25, -0.2) is 9.98 Å². The monoisotopic (exact) mass is 273 g/mol. The fraction of sp³-hybridized carbons (Fsp3) is 0.400. The van der Waals surface area contributed by atoms with Gasteiger partial charge in [-0.2, -0.15) is 0 Å². The topological polar surface area (TPSA) is 44.1 Å². The second-order valence-corrected chi connectivity index (χ2v) is 4.84. The molecule has 108 valence electrons. The number of rotatable bonds is 5. The lowest BCUT2D eigenvalue weighted by Crippen LogP contribution is -2.32. The largest absolute Gasteiger partial charge is 0.343 e. The molecular weight excluding hydrogens is 250 g/mol. The highest BCUT2D eigenvalue weighted by molar-refractivity contribution is 5.85. The molecule has 0 N–H and O–H groups in total. The van der Waals surface area contributed by atoms with Gasteiger partial charge >= 0.3 is 0 Å². The fourth-order valence-electron chi connectivity index (χ4n) is 1.53. The van der Waals surface area contributed by atoms with Crippen molar-refractivity contribution >= 4 is 18.3 Å². The SMILES string of the molecule is C=NC(=N/C=C(\C)c1ccccn1)N(C)CCN(C)C. The van der Waals surface area contributed by atoms with Gasteiger partial charge in [0.2, 0.25) is 5.96 Å². The van der Waals surface area contributed by atoms with E-state index in [0.29, 0.717) is 5.96 Å². The third kappa shape index (κ3) is 5.32. The van der Waals surface area contributed by atoms with Gasteiger partial charge in [-0.1, -0.05) is 6.07 Å². The zero-order valence-corrected chi connectivity index (χ0v) is 12.7. The van der Waals surface area contributed by atoms with E-state index in [9.17, 15) is 0 Å². The van der Waals surface area contributed by atoms with E-state index in [1.54, 1.807) is 12.4 Å². The predicted octanol–water partition coefficient (Wildman–Crippen LogP) is 1.99. The van der Waals surface area contributed by atoms with Crippen molar-refractivity contribution in [3.8, 4) is 0 Å². The Morgan fingerprint density at radius 1 is 1.30 bits per heavy atom. The summed E-state index contributed by atoms with van der Waals surface area (Å²) in [6.07, 6.45) is 3.55. The Morgan fingerprint density at radius 3 is 2.60 bits per heavy atom. The van der Waals surface area contributed by atoms with Crippen molar-refractivity contribution in [1.29, 1.82) is 0 Å². The minimum Gasteiger partial charge on any atom is -0.343 e. The van der Waals surface area contributed by atoms with E-state index >= 15 is 0 Å². The van der Waals surface area contributed by atoms with E-state index in [1.807, 2.05) is 51.2 Å². The summed E-state index contributed by atoms with van der Waals surface area (Å²) in [6, 6.07) is 5.81. The molecule has 0 bridgehead atoms. The number of pyridine rings is 1. The average Bonchev–Trinajstić information content (AvgIpc) is 2.46. The van der Waals surface area contributed by atoms with Crippen LogP contribution >= 0.6 is 0 Å². The van der Waals surface area contributed by atoms with Crippen LogP contribution in [0.2, 0.25) is 0 Å². The van der Waals surface area contributed by atoms with Gasteiger partial charge in [-0.05, 0) is 45.4 Å². The Morgan fingerprint density at radius 2 is 2.05 bits per heavy atom. The normalized spacial score (nSPS) is 12.7. The molecule has 5 heteroatoms. The van der Waals surface area contributed by atoms with Crippen molar-refractivity contribution in [3.05, 3.63) is 36.3 Å².